The normalized spacial score (nSPS) is 12.7. The largest absolute Gasteiger partial charge is 0.481 e. The predicted molar refractivity (Wildman–Crippen MR) is 74.9 cm³/mol. The summed E-state index contributed by atoms with van der Waals surface area (Å²) in [6, 6.07) is -0.340. The molecular weight excluding hydrogens is 286 g/mol. The fraction of sp³-hybridized carbons (Fsp3) is 0.818. The van der Waals surface area contributed by atoms with E-state index in [1.165, 1.54) is 0 Å². The zero-order valence-corrected chi connectivity index (χ0v) is 12.6. The summed E-state index contributed by atoms with van der Waals surface area (Å²) in [6.45, 7) is 2.66. The van der Waals surface area contributed by atoms with Gasteiger partial charge in [-0.1, -0.05) is 6.92 Å². The van der Waals surface area contributed by atoms with Gasteiger partial charge in [-0.25, -0.2) is 17.9 Å². The molecule has 1 atom stereocenters. The number of hydrogen-bond acceptors (Lipinski definition) is 4. The maximum absolute atomic E-state index is 11.3. The molecule has 0 aliphatic carbocycles. The molecule has 0 saturated carbocycles. The Morgan fingerprint density at radius 2 is 1.65 bits per heavy atom. The van der Waals surface area contributed by atoms with Gasteiger partial charge in [0.15, 0.2) is 0 Å². The molecule has 0 spiro atoms. The molecule has 0 aromatic rings. The minimum atomic E-state index is -3.18. The minimum Gasteiger partial charge on any atom is -0.481 e. The van der Waals surface area contributed by atoms with Crippen LogP contribution in [0.2, 0.25) is 0 Å². The number of sulfonamides is 1. The summed E-state index contributed by atoms with van der Waals surface area (Å²) in [7, 11) is -3.18. The molecule has 20 heavy (non-hydrogen) atoms. The Morgan fingerprint density at radius 3 is 2.15 bits per heavy atom. The van der Waals surface area contributed by atoms with E-state index in [0.717, 1.165) is 6.26 Å². The lowest BCUT2D eigenvalue weighted by molar-refractivity contribution is -0.141. The van der Waals surface area contributed by atoms with Gasteiger partial charge in [0.2, 0.25) is 10.0 Å². The highest BCUT2D eigenvalue weighted by Crippen LogP contribution is 2.03. The molecule has 0 rings (SSSR count). The van der Waals surface area contributed by atoms with Crippen LogP contribution in [0, 0.1) is 5.92 Å². The molecule has 2 amide bonds. The van der Waals surface area contributed by atoms with Crippen LogP contribution in [0.1, 0.15) is 26.2 Å². The standard InChI is InChI=1S/C11H23N3O5S/c1-9(10(15)16)5-3-6-12-11(17)13-7-4-8-14-20(2,18)19/h9,14H,3-8H2,1-2H3,(H,15,16)(H2,12,13,17). The van der Waals surface area contributed by atoms with E-state index in [4.69, 9.17) is 5.11 Å². The van der Waals surface area contributed by atoms with Crippen LogP contribution in [-0.4, -0.2) is 51.4 Å². The maximum Gasteiger partial charge on any atom is 0.314 e. The smallest absolute Gasteiger partial charge is 0.314 e. The van der Waals surface area contributed by atoms with E-state index in [1.807, 2.05) is 0 Å². The first-order valence-corrected chi connectivity index (χ1v) is 8.30. The molecule has 0 aliphatic rings. The molecule has 0 radical (unpaired) electrons. The molecule has 0 aromatic carbocycles. The molecule has 9 heteroatoms. The lowest BCUT2D eigenvalue weighted by atomic mass is 10.1. The Hall–Kier alpha value is -1.35. The second kappa shape index (κ2) is 9.54. The average molecular weight is 309 g/mol. The van der Waals surface area contributed by atoms with Crippen LogP contribution in [0.5, 0.6) is 0 Å². The van der Waals surface area contributed by atoms with Crippen LogP contribution in [0.25, 0.3) is 0 Å². The molecular formula is C11H23N3O5S. The maximum atomic E-state index is 11.3. The summed E-state index contributed by atoms with van der Waals surface area (Å²) in [5.41, 5.74) is 0. The van der Waals surface area contributed by atoms with Gasteiger partial charge < -0.3 is 15.7 Å². The number of carboxylic acids is 1. The third kappa shape index (κ3) is 11.7. The van der Waals surface area contributed by atoms with Crippen molar-refractivity contribution in [3.05, 3.63) is 0 Å². The van der Waals surface area contributed by atoms with Gasteiger partial charge in [-0.2, -0.15) is 0 Å². The number of nitrogens with one attached hydrogen (secondary N) is 3. The number of aliphatic carboxylic acids is 1. The Labute approximate surface area is 119 Å². The molecule has 4 N–H and O–H groups in total. The van der Waals surface area contributed by atoms with Gasteiger partial charge >= 0.3 is 12.0 Å². The summed E-state index contributed by atoms with van der Waals surface area (Å²) >= 11 is 0. The first-order chi connectivity index (χ1) is 9.22. The lowest BCUT2D eigenvalue weighted by Gasteiger charge is -2.09. The van der Waals surface area contributed by atoms with Gasteiger partial charge in [0.1, 0.15) is 0 Å². The monoisotopic (exact) mass is 309 g/mol. The van der Waals surface area contributed by atoms with E-state index in [-0.39, 0.29) is 12.6 Å². The van der Waals surface area contributed by atoms with E-state index < -0.39 is 21.9 Å². The fourth-order valence-corrected chi connectivity index (χ4v) is 1.86. The van der Waals surface area contributed by atoms with Crippen molar-refractivity contribution in [1.82, 2.24) is 15.4 Å². The van der Waals surface area contributed by atoms with Gasteiger partial charge in [-0.05, 0) is 19.3 Å². The summed E-state index contributed by atoms with van der Waals surface area (Å²) in [5.74, 6) is -1.25. The zero-order valence-electron chi connectivity index (χ0n) is 11.8. The number of carboxylic acid groups (broad SMARTS) is 1. The number of rotatable bonds is 10. The summed E-state index contributed by atoms with van der Waals surface area (Å²) < 4.78 is 23.8. The van der Waals surface area contributed by atoms with Gasteiger partial charge in [0.25, 0.3) is 0 Å². The van der Waals surface area contributed by atoms with E-state index >= 15 is 0 Å². The topological polar surface area (TPSA) is 125 Å². The average Bonchev–Trinajstić information content (AvgIpc) is 2.32. The van der Waals surface area contributed by atoms with Gasteiger partial charge in [-0.3, -0.25) is 4.79 Å². The van der Waals surface area contributed by atoms with Crippen molar-refractivity contribution in [1.29, 1.82) is 0 Å². The lowest BCUT2D eigenvalue weighted by Crippen LogP contribution is -2.37. The summed E-state index contributed by atoms with van der Waals surface area (Å²) in [5, 5.41) is 13.8. The molecule has 1 unspecified atom stereocenters. The SMILES string of the molecule is CC(CCCNC(=O)NCCCNS(C)(=O)=O)C(=O)O. The van der Waals surface area contributed by atoms with Crippen LogP contribution < -0.4 is 15.4 Å². The highest BCUT2D eigenvalue weighted by molar-refractivity contribution is 7.88. The first kappa shape index (κ1) is 18.7. The Balaban J connectivity index is 3.49. The van der Waals surface area contributed by atoms with E-state index in [2.05, 4.69) is 15.4 Å². The third-order valence-electron chi connectivity index (χ3n) is 2.52. The van der Waals surface area contributed by atoms with Gasteiger partial charge in [0.05, 0.1) is 12.2 Å². The number of urea groups is 1. The molecule has 0 aromatic heterocycles. The van der Waals surface area contributed by atoms with Crippen molar-refractivity contribution in [3.63, 3.8) is 0 Å². The predicted octanol–water partition coefficient (Wildman–Crippen LogP) is -0.274. The van der Waals surface area contributed by atoms with Gasteiger partial charge in [0, 0.05) is 19.6 Å². The van der Waals surface area contributed by atoms with E-state index in [0.29, 0.717) is 32.4 Å². The third-order valence-corrected chi connectivity index (χ3v) is 3.25. The fourth-order valence-electron chi connectivity index (χ4n) is 1.34. The Morgan fingerprint density at radius 1 is 1.10 bits per heavy atom. The molecule has 8 nitrogen and oxygen atoms in total. The highest BCUT2D eigenvalue weighted by Gasteiger charge is 2.09. The Kier molecular flexibility index (Phi) is 8.89. The second-order valence-electron chi connectivity index (χ2n) is 4.58. The molecule has 118 valence electrons. The Bertz CT molecular complexity index is 410. The molecule has 0 bridgehead atoms. The van der Waals surface area contributed by atoms with Crippen molar-refractivity contribution in [2.24, 2.45) is 5.92 Å². The zero-order chi connectivity index (χ0) is 15.6. The van der Waals surface area contributed by atoms with Crippen LogP contribution in [0.15, 0.2) is 0 Å². The summed E-state index contributed by atoms with van der Waals surface area (Å²) in [4.78, 5) is 21.9. The number of hydrogen-bond donors (Lipinski definition) is 4. The minimum absolute atomic E-state index is 0.273. The number of carbonyl (C=O) groups excluding carboxylic acids is 1. The van der Waals surface area contributed by atoms with Crippen molar-refractivity contribution in [2.75, 3.05) is 25.9 Å². The van der Waals surface area contributed by atoms with Crippen molar-refractivity contribution < 1.29 is 23.1 Å². The van der Waals surface area contributed by atoms with Crippen LogP contribution in [0.3, 0.4) is 0 Å². The molecule has 0 fully saturated rings. The molecule has 0 heterocycles. The van der Waals surface area contributed by atoms with Crippen molar-refractivity contribution >= 4 is 22.0 Å². The summed E-state index contributed by atoms with van der Waals surface area (Å²) in [6.07, 6.45) is 2.67. The van der Waals surface area contributed by atoms with E-state index in [1.54, 1.807) is 6.92 Å². The van der Waals surface area contributed by atoms with Crippen LogP contribution in [-0.2, 0) is 14.8 Å². The van der Waals surface area contributed by atoms with Crippen molar-refractivity contribution in [2.45, 2.75) is 26.2 Å². The van der Waals surface area contributed by atoms with Crippen molar-refractivity contribution in [3.8, 4) is 0 Å². The number of amides is 2. The van der Waals surface area contributed by atoms with Crippen LogP contribution in [0.4, 0.5) is 4.79 Å². The van der Waals surface area contributed by atoms with E-state index in [9.17, 15) is 18.0 Å². The van der Waals surface area contributed by atoms with Crippen LogP contribution >= 0.6 is 0 Å². The first-order valence-electron chi connectivity index (χ1n) is 6.41. The highest BCUT2D eigenvalue weighted by atomic mass is 32.2. The number of carbonyl (C=O) groups is 2. The quantitative estimate of drug-likeness (QED) is 0.413. The molecule has 0 aliphatic heterocycles. The molecule has 0 saturated heterocycles. The second-order valence-corrected chi connectivity index (χ2v) is 6.42. The van der Waals surface area contributed by atoms with Gasteiger partial charge in [-0.15, -0.1) is 0 Å².